The van der Waals surface area contributed by atoms with E-state index in [-0.39, 0.29) is 0 Å². The number of fused-ring (bicyclic) bond motifs is 1. The van der Waals surface area contributed by atoms with Gasteiger partial charge in [0.05, 0.1) is 12.5 Å². The Morgan fingerprint density at radius 2 is 2.08 bits per heavy atom. The lowest BCUT2D eigenvalue weighted by Gasteiger charge is -1.80. The Kier molecular flexibility index (Phi) is 3.18. The summed E-state index contributed by atoms with van der Waals surface area (Å²) >= 11 is 0. The number of hydrogen-bond donors (Lipinski definition) is 3. The zero-order chi connectivity index (χ0) is 8.81. The highest BCUT2D eigenvalue weighted by molar-refractivity contribution is 6.13. The molecule has 0 aromatic carbocycles. The highest BCUT2D eigenvalue weighted by atomic mass is 16.4. The molecule has 6 nitrogen and oxygen atoms in total. The molecule has 0 aliphatic carbocycles. The zero-order valence-electron chi connectivity index (χ0n) is 6.18. The van der Waals surface area contributed by atoms with Gasteiger partial charge in [-0.3, -0.25) is 0 Å². The maximum absolute atomic E-state index is 7.12. The molecule has 2 heterocycles. The summed E-state index contributed by atoms with van der Waals surface area (Å²) in [7, 11) is -0.750. The molecule has 0 radical (unpaired) electrons. The maximum atomic E-state index is 7.12. The van der Waals surface area contributed by atoms with Crippen LogP contribution in [0.2, 0.25) is 0 Å². The molecular formula is C5H7BN4O2. The third-order valence-electron chi connectivity index (χ3n) is 1.10. The Labute approximate surface area is 68.6 Å². The van der Waals surface area contributed by atoms with Crippen LogP contribution in [0.5, 0.6) is 0 Å². The molecule has 2 aromatic rings. The van der Waals surface area contributed by atoms with Gasteiger partial charge in [-0.1, -0.05) is 0 Å². The highest BCUT2D eigenvalue weighted by Crippen LogP contribution is 1.99. The topological polar surface area (TPSA) is 94.9 Å². The van der Waals surface area contributed by atoms with Crippen molar-refractivity contribution in [3.05, 3.63) is 18.9 Å². The number of nitrogens with one attached hydrogen (secondary N) is 1. The molecule has 62 valence electrons. The number of nitrogens with zero attached hydrogens (tertiary/aromatic N) is 3. The van der Waals surface area contributed by atoms with Crippen molar-refractivity contribution in [2.75, 3.05) is 0 Å². The van der Waals surface area contributed by atoms with Gasteiger partial charge < -0.3 is 15.0 Å². The van der Waals surface area contributed by atoms with Gasteiger partial charge in [-0.2, -0.15) is 0 Å². The van der Waals surface area contributed by atoms with E-state index in [0.717, 1.165) is 11.2 Å². The molecule has 0 unspecified atom stereocenters. The molecular weight excluding hydrogens is 159 g/mol. The Morgan fingerprint density at radius 3 is 2.75 bits per heavy atom. The molecule has 0 atom stereocenters. The quantitative estimate of drug-likeness (QED) is 0.418. The minimum Gasteiger partial charge on any atom is -0.430 e. The molecule has 0 spiro atoms. The molecule has 0 saturated heterocycles. The van der Waals surface area contributed by atoms with Gasteiger partial charge >= 0.3 is 7.69 Å². The van der Waals surface area contributed by atoms with Crippen molar-refractivity contribution in [1.29, 1.82) is 0 Å². The SMILES string of the molecule is OBO.c1ncc2nc[nH]c2n1. The Bertz CT molecular complexity index is 308. The smallest absolute Gasteiger partial charge is 0.430 e. The van der Waals surface area contributed by atoms with Crippen LogP contribution in [-0.4, -0.2) is 37.7 Å². The zero-order valence-corrected chi connectivity index (χ0v) is 6.18. The van der Waals surface area contributed by atoms with Crippen molar-refractivity contribution in [1.82, 2.24) is 19.9 Å². The first kappa shape index (κ1) is 8.63. The van der Waals surface area contributed by atoms with Crippen LogP contribution in [0, 0.1) is 0 Å². The molecule has 12 heavy (non-hydrogen) atoms. The first-order chi connectivity index (χ1) is 5.88. The Balaban J connectivity index is 0.000000213. The lowest BCUT2D eigenvalue weighted by molar-refractivity contribution is 0.448. The fraction of sp³-hybridized carbons (Fsp3) is 0. The van der Waals surface area contributed by atoms with Crippen LogP contribution in [0.15, 0.2) is 18.9 Å². The van der Waals surface area contributed by atoms with E-state index in [9.17, 15) is 0 Å². The molecule has 0 aliphatic heterocycles. The van der Waals surface area contributed by atoms with Gasteiger partial charge in [0.25, 0.3) is 0 Å². The maximum Gasteiger partial charge on any atom is 0.432 e. The van der Waals surface area contributed by atoms with E-state index in [2.05, 4.69) is 19.9 Å². The van der Waals surface area contributed by atoms with Crippen LogP contribution in [-0.2, 0) is 0 Å². The third-order valence-corrected chi connectivity index (χ3v) is 1.10. The molecule has 2 aromatic heterocycles. The van der Waals surface area contributed by atoms with E-state index >= 15 is 0 Å². The number of aromatic nitrogens is 4. The van der Waals surface area contributed by atoms with E-state index in [1.165, 1.54) is 6.33 Å². The summed E-state index contributed by atoms with van der Waals surface area (Å²) in [4.78, 5) is 14.5. The largest absolute Gasteiger partial charge is 0.432 e. The van der Waals surface area contributed by atoms with Crippen LogP contribution in [0.1, 0.15) is 0 Å². The van der Waals surface area contributed by atoms with E-state index in [1.54, 1.807) is 12.5 Å². The van der Waals surface area contributed by atoms with Crippen molar-refractivity contribution < 1.29 is 10.0 Å². The third kappa shape index (κ3) is 2.01. The minimum atomic E-state index is -0.750. The van der Waals surface area contributed by atoms with Gasteiger partial charge in [0.15, 0.2) is 5.65 Å². The summed E-state index contributed by atoms with van der Waals surface area (Å²) in [5.41, 5.74) is 1.59. The second-order valence-corrected chi connectivity index (χ2v) is 1.80. The highest BCUT2D eigenvalue weighted by Gasteiger charge is 1.91. The van der Waals surface area contributed by atoms with Gasteiger partial charge in [-0.05, 0) is 0 Å². The molecule has 7 heteroatoms. The number of rotatable bonds is 0. The fourth-order valence-corrected chi connectivity index (χ4v) is 0.691. The molecule has 0 aliphatic rings. The summed E-state index contributed by atoms with van der Waals surface area (Å²) < 4.78 is 0. The van der Waals surface area contributed by atoms with Crippen LogP contribution < -0.4 is 0 Å². The number of aromatic amines is 1. The van der Waals surface area contributed by atoms with Crippen molar-refractivity contribution in [3.63, 3.8) is 0 Å². The van der Waals surface area contributed by atoms with Crippen molar-refractivity contribution in [3.8, 4) is 0 Å². The molecule has 0 fully saturated rings. The summed E-state index contributed by atoms with van der Waals surface area (Å²) in [6, 6.07) is 0. The summed E-state index contributed by atoms with van der Waals surface area (Å²) in [6.07, 6.45) is 4.75. The van der Waals surface area contributed by atoms with Crippen molar-refractivity contribution in [2.24, 2.45) is 0 Å². The number of imidazole rings is 1. The average Bonchev–Trinajstić information content (AvgIpc) is 2.52. The van der Waals surface area contributed by atoms with E-state index in [0.29, 0.717) is 0 Å². The van der Waals surface area contributed by atoms with E-state index in [4.69, 9.17) is 10.0 Å². The molecule has 0 amide bonds. The summed E-state index contributed by atoms with van der Waals surface area (Å²) in [6.45, 7) is 0. The lowest BCUT2D eigenvalue weighted by atomic mass is 10.5. The lowest BCUT2D eigenvalue weighted by Crippen LogP contribution is -1.76. The molecule has 0 saturated carbocycles. The molecule has 0 bridgehead atoms. The van der Waals surface area contributed by atoms with Crippen molar-refractivity contribution in [2.45, 2.75) is 0 Å². The second kappa shape index (κ2) is 4.42. The van der Waals surface area contributed by atoms with Crippen LogP contribution in [0.4, 0.5) is 0 Å². The average molecular weight is 166 g/mol. The van der Waals surface area contributed by atoms with E-state index in [1.807, 2.05) is 0 Å². The Hall–Kier alpha value is -1.47. The summed E-state index contributed by atoms with van der Waals surface area (Å²) in [5.74, 6) is 0. The van der Waals surface area contributed by atoms with Crippen LogP contribution >= 0.6 is 0 Å². The minimum absolute atomic E-state index is 0.750. The van der Waals surface area contributed by atoms with Gasteiger partial charge in [0.2, 0.25) is 0 Å². The predicted molar refractivity (Wildman–Crippen MR) is 43.3 cm³/mol. The monoisotopic (exact) mass is 166 g/mol. The fourth-order valence-electron chi connectivity index (χ4n) is 0.691. The van der Waals surface area contributed by atoms with Crippen molar-refractivity contribution >= 4 is 18.8 Å². The van der Waals surface area contributed by atoms with Crippen LogP contribution in [0.25, 0.3) is 11.2 Å². The second-order valence-electron chi connectivity index (χ2n) is 1.80. The molecule has 2 rings (SSSR count). The van der Waals surface area contributed by atoms with Gasteiger partial charge in [-0.25, -0.2) is 15.0 Å². The first-order valence-corrected chi connectivity index (χ1v) is 3.19. The van der Waals surface area contributed by atoms with Gasteiger partial charge in [0.1, 0.15) is 11.8 Å². The number of hydrogen-bond acceptors (Lipinski definition) is 5. The van der Waals surface area contributed by atoms with Gasteiger partial charge in [0, 0.05) is 0 Å². The molecule has 3 N–H and O–H groups in total. The first-order valence-electron chi connectivity index (χ1n) is 3.19. The standard InChI is InChI=1S/C5H4N4.BH3O2/c1-4-5(8-2-6-1)9-3-7-4;2-1-3/h1-3H,(H,6,7,8,9);1-3H. The number of H-pyrrole nitrogens is 1. The summed E-state index contributed by atoms with van der Waals surface area (Å²) in [5, 5.41) is 14.2. The van der Waals surface area contributed by atoms with Gasteiger partial charge in [-0.15, -0.1) is 0 Å². The van der Waals surface area contributed by atoms with E-state index < -0.39 is 7.69 Å². The Morgan fingerprint density at radius 1 is 1.33 bits per heavy atom. The normalized spacial score (nSPS) is 8.83. The van der Waals surface area contributed by atoms with Crippen LogP contribution in [0.3, 0.4) is 0 Å². The predicted octanol–water partition coefficient (Wildman–Crippen LogP) is -1.41.